The minimum Gasteiger partial charge on any atom is -0.444 e. The van der Waals surface area contributed by atoms with Gasteiger partial charge in [0.05, 0.1) is 13.2 Å². The topological polar surface area (TPSA) is 98.1 Å². The molecule has 9 nitrogen and oxygen atoms in total. The standard InChI is InChI=1S/C19H31N5O4/c1-19(2,3)28-18(26)24-8-6-23(7-9-24)15-16(14-20)17(25)21-4-5-22-10-12-27-13-11-22/h15H,4-13H2,1-3H3,(H,21,25)/b16-15-. The molecule has 0 spiro atoms. The Bertz CT molecular complexity index is 609. The van der Waals surface area contributed by atoms with E-state index in [1.807, 2.05) is 31.7 Å². The van der Waals surface area contributed by atoms with Crippen LogP contribution < -0.4 is 5.32 Å². The predicted molar refractivity (Wildman–Crippen MR) is 103 cm³/mol. The lowest BCUT2D eigenvalue weighted by Crippen LogP contribution is -2.48. The van der Waals surface area contributed by atoms with Gasteiger partial charge in [-0.1, -0.05) is 0 Å². The quantitative estimate of drug-likeness (QED) is 0.533. The smallest absolute Gasteiger partial charge is 0.410 e. The largest absolute Gasteiger partial charge is 0.444 e. The molecule has 156 valence electrons. The van der Waals surface area contributed by atoms with Gasteiger partial charge in [0.1, 0.15) is 17.2 Å². The zero-order chi connectivity index (χ0) is 20.6. The lowest BCUT2D eigenvalue weighted by atomic mass is 10.2. The van der Waals surface area contributed by atoms with Crippen LogP contribution in [0.25, 0.3) is 0 Å². The van der Waals surface area contributed by atoms with Crippen LogP contribution >= 0.6 is 0 Å². The molecule has 2 saturated heterocycles. The Balaban J connectivity index is 1.76. The maximum absolute atomic E-state index is 12.3. The molecule has 1 N–H and O–H groups in total. The predicted octanol–water partition coefficient (Wildman–Crippen LogP) is 0.395. The number of nitriles is 1. The summed E-state index contributed by atoms with van der Waals surface area (Å²) >= 11 is 0. The lowest BCUT2D eigenvalue weighted by molar-refractivity contribution is -0.117. The molecule has 0 aromatic rings. The summed E-state index contributed by atoms with van der Waals surface area (Å²) in [6.45, 7) is 12.0. The van der Waals surface area contributed by atoms with E-state index in [1.54, 1.807) is 11.1 Å². The average molecular weight is 393 g/mol. The monoisotopic (exact) mass is 393 g/mol. The van der Waals surface area contributed by atoms with Crippen molar-refractivity contribution in [3.8, 4) is 6.07 Å². The van der Waals surface area contributed by atoms with Gasteiger partial charge in [0.2, 0.25) is 0 Å². The first-order valence-electron chi connectivity index (χ1n) is 9.71. The minimum absolute atomic E-state index is 0.0766. The zero-order valence-electron chi connectivity index (χ0n) is 17.1. The number of piperazine rings is 1. The molecule has 2 fully saturated rings. The molecule has 0 saturated carbocycles. The second-order valence-corrected chi connectivity index (χ2v) is 7.87. The molecule has 0 bridgehead atoms. The third kappa shape index (κ3) is 7.37. The van der Waals surface area contributed by atoms with Gasteiger partial charge in [0.15, 0.2) is 0 Å². The normalized spacial score (nSPS) is 19.1. The van der Waals surface area contributed by atoms with Crippen LogP contribution in [0.15, 0.2) is 11.8 Å². The molecule has 0 aliphatic carbocycles. The molecule has 2 amide bonds. The van der Waals surface area contributed by atoms with Crippen LogP contribution in [0.3, 0.4) is 0 Å². The summed E-state index contributed by atoms with van der Waals surface area (Å²) in [4.78, 5) is 30.1. The van der Waals surface area contributed by atoms with Crippen LogP contribution in [0.1, 0.15) is 20.8 Å². The molecule has 2 aliphatic heterocycles. The molecule has 0 aromatic carbocycles. The van der Waals surface area contributed by atoms with Crippen molar-refractivity contribution in [2.75, 3.05) is 65.6 Å². The summed E-state index contributed by atoms with van der Waals surface area (Å²) in [5, 5.41) is 12.1. The van der Waals surface area contributed by atoms with E-state index in [0.717, 1.165) is 19.6 Å². The van der Waals surface area contributed by atoms with Crippen molar-refractivity contribution in [3.63, 3.8) is 0 Å². The highest BCUT2D eigenvalue weighted by atomic mass is 16.6. The van der Waals surface area contributed by atoms with Gasteiger partial charge in [-0.15, -0.1) is 0 Å². The maximum Gasteiger partial charge on any atom is 0.410 e. The van der Waals surface area contributed by atoms with E-state index in [1.165, 1.54) is 0 Å². The number of carbonyl (C=O) groups excluding carboxylic acids is 2. The van der Waals surface area contributed by atoms with Crippen molar-refractivity contribution in [2.45, 2.75) is 26.4 Å². The molecule has 9 heteroatoms. The number of amides is 2. The third-order valence-electron chi connectivity index (χ3n) is 4.46. The number of nitrogens with zero attached hydrogens (tertiary/aromatic N) is 4. The maximum atomic E-state index is 12.3. The fraction of sp³-hybridized carbons (Fsp3) is 0.737. The number of rotatable bonds is 5. The zero-order valence-corrected chi connectivity index (χ0v) is 17.1. The van der Waals surface area contributed by atoms with Crippen molar-refractivity contribution >= 4 is 12.0 Å². The Morgan fingerprint density at radius 2 is 1.79 bits per heavy atom. The van der Waals surface area contributed by atoms with Crippen molar-refractivity contribution in [1.82, 2.24) is 20.0 Å². The molecule has 2 heterocycles. The number of nitrogens with one attached hydrogen (secondary N) is 1. The summed E-state index contributed by atoms with van der Waals surface area (Å²) in [7, 11) is 0. The van der Waals surface area contributed by atoms with Crippen LogP contribution in [0, 0.1) is 11.3 Å². The molecular weight excluding hydrogens is 362 g/mol. The van der Waals surface area contributed by atoms with Gasteiger partial charge in [-0.2, -0.15) is 5.26 Å². The molecule has 0 aromatic heterocycles. The molecule has 2 rings (SSSR count). The van der Waals surface area contributed by atoms with Crippen molar-refractivity contribution in [1.29, 1.82) is 5.26 Å². The Labute approximate surface area is 166 Å². The SMILES string of the molecule is CC(C)(C)OC(=O)N1CCN(/C=C(/C#N)C(=O)NCCN2CCOCC2)CC1. The molecule has 0 atom stereocenters. The van der Waals surface area contributed by atoms with Gasteiger partial charge < -0.3 is 24.6 Å². The van der Waals surface area contributed by atoms with Crippen molar-refractivity contribution in [3.05, 3.63) is 11.8 Å². The Hall–Kier alpha value is -2.31. The number of morpholine rings is 1. The Kier molecular flexibility index (Phi) is 8.08. The number of hydrogen-bond acceptors (Lipinski definition) is 7. The van der Waals surface area contributed by atoms with Crippen LogP contribution in [0.5, 0.6) is 0 Å². The van der Waals surface area contributed by atoms with Crippen molar-refractivity contribution in [2.24, 2.45) is 0 Å². The highest BCUT2D eigenvalue weighted by Crippen LogP contribution is 2.12. The second-order valence-electron chi connectivity index (χ2n) is 7.87. The van der Waals surface area contributed by atoms with E-state index in [4.69, 9.17) is 9.47 Å². The van der Waals surface area contributed by atoms with E-state index in [9.17, 15) is 14.9 Å². The van der Waals surface area contributed by atoms with Gasteiger partial charge in [-0.3, -0.25) is 9.69 Å². The van der Waals surface area contributed by atoms with Crippen LogP contribution in [-0.4, -0.2) is 97.9 Å². The van der Waals surface area contributed by atoms with E-state index in [0.29, 0.717) is 45.9 Å². The molecule has 28 heavy (non-hydrogen) atoms. The first-order valence-corrected chi connectivity index (χ1v) is 9.71. The number of hydrogen-bond donors (Lipinski definition) is 1. The first kappa shape index (κ1) is 22.0. The average Bonchev–Trinajstić information content (AvgIpc) is 2.66. The minimum atomic E-state index is -0.526. The number of ether oxygens (including phenoxy) is 2. The van der Waals surface area contributed by atoms with Gasteiger partial charge in [-0.25, -0.2) is 4.79 Å². The molecular formula is C19H31N5O4. The number of carbonyl (C=O) groups is 2. The van der Waals surface area contributed by atoms with Crippen molar-refractivity contribution < 1.29 is 19.1 Å². The summed E-state index contributed by atoms with van der Waals surface area (Å²) in [6.07, 6.45) is 1.24. The van der Waals surface area contributed by atoms with Crippen LogP contribution in [0.2, 0.25) is 0 Å². The fourth-order valence-corrected chi connectivity index (χ4v) is 2.93. The highest BCUT2D eigenvalue weighted by Gasteiger charge is 2.25. The summed E-state index contributed by atoms with van der Waals surface area (Å²) in [5.41, 5.74) is -0.450. The summed E-state index contributed by atoms with van der Waals surface area (Å²) < 4.78 is 10.7. The van der Waals surface area contributed by atoms with E-state index in [-0.39, 0.29) is 17.6 Å². The van der Waals surface area contributed by atoms with Gasteiger partial charge in [0, 0.05) is 58.6 Å². The first-order chi connectivity index (χ1) is 13.3. The van der Waals surface area contributed by atoms with E-state index in [2.05, 4.69) is 10.2 Å². The van der Waals surface area contributed by atoms with Gasteiger partial charge in [-0.05, 0) is 20.8 Å². The molecule has 0 unspecified atom stereocenters. The lowest BCUT2D eigenvalue weighted by Gasteiger charge is -2.35. The third-order valence-corrected chi connectivity index (χ3v) is 4.46. The van der Waals surface area contributed by atoms with E-state index >= 15 is 0 Å². The van der Waals surface area contributed by atoms with Crippen LogP contribution in [-0.2, 0) is 14.3 Å². The second kappa shape index (κ2) is 10.3. The Morgan fingerprint density at radius 3 is 2.36 bits per heavy atom. The van der Waals surface area contributed by atoms with Gasteiger partial charge in [0.25, 0.3) is 5.91 Å². The summed E-state index contributed by atoms with van der Waals surface area (Å²) in [5.74, 6) is -0.370. The van der Waals surface area contributed by atoms with Crippen LogP contribution in [0.4, 0.5) is 4.79 Å². The van der Waals surface area contributed by atoms with E-state index < -0.39 is 5.60 Å². The fourth-order valence-electron chi connectivity index (χ4n) is 2.93. The van der Waals surface area contributed by atoms with Gasteiger partial charge >= 0.3 is 6.09 Å². The molecule has 0 radical (unpaired) electrons. The molecule has 2 aliphatic rings. The highest BCUT2D eigenvalue weighted by molar-refractivity contribution is 5.97. The Morgan fingerprint density at radius 1 is 1.14 bits per heavy atom. The summed E-state index contributed by atoms with van der Waals surface area (Å²) in [6, 6.07) is 1.97.